The highest BCUT2D eigenvalue weighted by Gasteiger charge is 2.31. The van der Waals surface area contributed by atoms with E-state index in [1.54, 1.807) is 10.9 Å². The van der Waals surface area contributed by atoms with Crippen LogP contribution in [0.15, 0.2) is 12.4 Å². The molecule has 0 N–H and O–H groups in total. The van der Waals surface area contributed by atoms with Crippen LogP contribution in [0.25, 0.3) is 0 Å². The van der Waals surface area contributed by atoms with Crippen molar-refractivity contribution in [1.29, 1.82) is 0 Å². The number of hydrogen-bond donors (Lipinski definition) is 0. The lowest BCUT2D eigenvalue weighted by molar-refractivity contribution is -0.385. The summed E-state index contributed by atoms with van der Waals surface area (Å²) in [5.41, 5.74) is 0.0785. The highest BCUT2D eigenvalue weighted by Crippen LogP contribution is 2.33. The average molecular weight is 266 g/mol. The summed E-state index contributed by atoms with van der Waals surface area (Å²) in [7, 11) is 0. The van der Waals surface area contributed by atoms with Crippen LogP contribution in [0, 0.1) is 10.1 Å². The van der Waals surface area contributed by atoms with Gasteiger partial charge in [0, 0.05) is 19.1 Å². The van der Waals surface area contributed by atoms with E-state index in [-0.39, 0.29) is 5.69 Å². The normalized spacial score (nSPS) is 28.6. The van der Waals surface area contributed by atoms with Gasteiger partial charge in [0.1, 0.15) is 12.4 Å². The Hall–Kier alpha value is -1.47. The van der Waals surface area contributed by atoms with Gasteiger partial charge in [0.15, 0.2) is 0 Å². The van der Waals surface area contributed by atoms with E-state index in [0.29, 0.717) is 12.1 Å². The summed E-state index contributed by atoms with van der Waals surface area (Å²) in [6, 6.07) is 0.860. The van der Waals surface area contributed by atoms with Crippen molar-refractivity contribution in [1.82, 2.24) is 14.7 Å². The van der Waals surface area contributed by atoms with Crippen molar-refractivity contribution in [2.24, 2.45) is 0 Å². The first-order valence-electron chi connectivity index (χ1n) is 6.74. The molecule has 19 heavy (non-hydrogen) atoms. The number of morpholine rings is 1. The van der Waals surface area contributed by atoms with Gasteiger partial charge in [-0.2, -0.15) is 5.10 Å². The van der Waals surface area contributed by atoms with Gasteiger partial charge in [0.2, 0.25) is 0 Å². The van der Waals surface area contributed by atoms with Crippen LogP contribution in [-0.2, 0) is 4.74 Å². The number of nitrogens with zero attached hydrogens (tertiary/aromatic N) is 4. The maximum atomic E-state index is 10.7. The van der Waals surface area contributed by atoms with Crippen LogP contribution in [0.2, 0.25) is 0 Å². The predicted molar refractivity (Wildman–Crippen MR) is 67.9 cm³/mol. The van der Waals surface area contributed by atoms with E-state index in [1.165, 1.54) is 6.20 Å². The van der Waals surface area contributed by atoms with Gasteiger partial charge in [0.05, 0.1) is 24.2 Å². The molecule has 0 radical (unpaired) electrons. The van der Waals surface area contributed by atoms with Crippen LogP contribution in [0.3, 0.4) is 0 Å². The Morgan fingerprint density at radius 3 is 2.74 bits per heavy atom. The molecule has 1 aliphatic heterocycles. The Bertz CT molecular complexity index is 456. The van der Waals surface area contributed by atoms with Gasteiger partial charge in [-0.05, 0) is 19.3 Å². The van der Waals surface area contributed by atoms with Crippen molar-refractivity contribution in [3.63, 3.8) is 0 Å². The summed E-state index contributed by atoms with van der Waals surface area (Å²) >= 11 is 0. The molecule has 1 saturated heterocycles. The summed E-state index contributed by atoms with van der Waals surface area (Å²) in [6.45, 7) is 3.62. The van der Waals surface area contributed by atoms with E-state index < -0.39 is 4.92 Å². The Labute approximate surface area is 111 Å². The molecule has 0 unspecified atom stereocenters. The second kappa shape index (κ2) is 5.26. The molecule has 1 aromatic heterocycles. The molecule has 2 fully saturated rings. The van der Waals surface area contributed by atoms with Crippen molar-refractivity contribution in [2.45, 2.75) is 31.3 Å². The molecule has 0 bridgehead atoms. The molecule has 3 rings (SSSR count). The van der Waals surface area contributed by atoms with Gasteiger partial charge < -0.3 is 4.74 Å². The van der Waals surface area contributed by atoms with Crippen LogP contribution < -0.4 is 0 Å². The summed E-state index contributed by atoms with van der Waals surface area (Å²) < 4.78 is 7.13. The number of rotatable bonds is 3. The Balaban J connectivity index is 1.62. The molecule has 104 valence electrons. The fourth-order valence-corrected chi connectivity index (χ4v) is 3.07. The summed E-state index contributed by atoms with van der Waals surface area (Å²) in [4.78, 5) is 12.8. The van der Waals surface area contributed by atoms with Gasteiger partial charge in [-0.3, -0.25) is 19.7 Å². The van der Waals surface area contributed by atoms with E-state index >= 15 is 0 Å². The third-order valence-corrected chi connectivity index (χ3v) is 4.11. The number of aromatic nitrogens is 2. The molecule has 1 aromatic rings. The topological polar surface area (TPSA) is 73.4 Å². The lowest BCUT2D eigenvalue weighted by Gasteiger charge is -2.32. The van der Waals surface area contributed by atoms with Crippen molar-refractivity contribution in [3.05, 3.63) is 22.5 Å². The molecule has 0 spiro atoms. The minimum Gasteiger partial charge on any atom is -0.379 e. The van der Waals surface area contributed by atoms with Gasteiger partial charge >= 0.3 is 5.69 Å². The van der Waals surface area contributed by atoms with Crippen molar-refractivity contribution < 1.29 is 9.66 Å². The molecule has 2 atom stereocenters. The van der Waals surface area contributed by atoms with Gasteiger partial charge in [-0.25, -0.2) is 0 Å². The van der Waals surface area contributed by atoms with Crippen molar-refractivity contribution in [2.75, 3.05) is 26.3 Å². The van der Waals surface area contributed by atoms with Gasteiger partial charge in [0.25, 0.3) is 0 Å². The molecule has 7 nitrogen and oxygen atoms in total. The quantitative estimate of drug-likeness (QED) is 0.607. The fourth-order valence-electron chi connectivity index (χ4n) is 3.07. The van der Waals surface area contributed by atoms with E-state index in [0.717, 1.165) is 45.6 Å². The second-order valence-corrected chi connectivity index (χ2v) is 5.20. The van der Waals surface area contributed by atoms with Gasteiger partial charge in [-0.1, -0.05) is 0 Å². The predicted octanol–water partition coefficient (Wildman–Crippen LogP) is 1.22. The first-order chi connectivity index (χ1) is 9.24. The molecule has 2 heterocycles. The minimum atomic E-state index is -0.391. The Morgan fingerprint density at radius 2 is 2.05 bits per heavy atom. The first-order valence-corrected chi connectivity index (χ1v) is 6.74. The lowest BCUT2D eigenvalue weighted by Crippen LogP contribution is -2.42. The molecular formula is C12H18N4O3. The standard InChI is InChI=1S/C12H18N4O3/c17-16(18)12-8-13-15(9-12)11-2-1-10(7-11)14-3-5-19-6-4-14/h8-11H,1-7H2/t10-,11+/m0/s1. The van der Waals surface area contributed by atoms with Gasteiger partial charge in [-0.15, -0.1) is 0 Å². The zero-order valence-electron chi connectivity index (χ0n) is 10.8. The average Bonchev–Trinajstić information content (AvgIpc) is 3.09. The second-order valence-electron chi connectivity index (χ2n) is 5.20. The molecule has 0 aromatic carbocycles. The third-order valence-electron chi connectivity index (χ3n) is 4.11. The first kappa shape index (κ1) is 12.6. The maximum absolute atomic E-state index is 10.7. The molecule has 1 aliphatic carbocycles. The summed E-state index contributed by atoms with van der Waals surface area (Å²) in [5.74, 6) is 0. The lowest BCUT2D eigenvalue weighted by atomic mass is 10.2. The Kier molecular flexibility index (Phi) is 3.48. The third kappa shape index (κ3) is 2.62. The highest BCUT2D eigenvalue weighted by atomic mass is 16.6. The molecule has 1 saturated carbocycles. The minimum absolute atomic E-state index is 0.0785. The zero-order valence-corrected chi connectivity index (χ0v) is 10.8. The zero-order chi connectivity index (χ0) is 13.2. The van der Waals surface area contributed by atoms with Crippen LogP contribution in [0.1, 0.15) is 25.3 Å². The van der Waals surface area contributed by atoms with Crippen molar-refractivity contribution >= 4 is 5.69 Å². The Morgan fingerprint density at radius 1 is 1.32 bits per heavy atom. The fraction of sp³-hybridized carbons (Fsp3) is 0.750. The SMILES string of the molecule is O=[N+]([O-])c1cnn([C@@H]2CC[C@H](N3CCOCC3)C2)c1. The largest absolute Gasteiger partial charge is 0.379 e. The number of hydrogen-bond acceptors (Lipinski definition) is 5. The van der Waals surface area contributed by atoms with Crippen LogP contribution in [0.5, 0.6) is 0 Å². The molecule has 0 amide bonds. The summed E-state index contributed by atoms with van der Waals surface area (Å²) in [5, 5.41) is 14.8. The van der Waals surface area contributed by atoms with E-state index in [9.17, 15) is 10.1 Å². The smallest absolute Gasteiger partial charge is 0.307 e. The van der Waals surface area contributed by atoms with Crippen LogP contribution >= 0.6 is 0 Å². The van der Waals surface area contributed by atoms with E-state index in [4.69, 9.17) is 4.74 Å². The van der Waals surface area contributed by atoms with Crippen molar-refractivity contribution in [3.8, 4) is 0 Å². The monoisotopic (exact) mass is 266 g/mol. The van der Waals surface area contributed by atoms with Crippen LogP contribution in [0.4, 0.5) is 5.69 Å². The van der Waals surface area contributed by atoms with E-state index in [2.05, 4.69) is 10.00 Å². The summed E-state index contributed by atoms with van der Waals surface area (Å²) in [6.07, 6.45) is 6.09. The number of nitro groups is 1. The molecular weight excluding hydrogens is 248 g/mol. The number of ether oxygens (including phenoxy) is 1. The van der Waals surface area contributed by atoms with E-state index in [1.807, 2.05) is 0 Å². The highest BCUT2D eigenvalue weighted by molar-refractivity contribution is 5.21. The maximum Gasteiger partial charge on any atom is 0.307 e. The molecule has 7 heteroatoms. The molecule has 2 aliphatic rings. The van der Waals surface area contributed by atoms with Crippen LogP contribution in [-0.4, -0.2) is 51.9 Å².